The Labute approximate surface area is 114 Å². The molecule has 0 saturated carbocycles. The van der Waals surface area contributed by atoms with Gasteiger partial charge in [-0.2, -0.15) is 8.78 Å². The number of ketones is 1. The summed E-state index contributed by atoms with van der Waals surface area (Å²) in [7, 11) is 0. The van der Waals surface area contributed by atoms with Crippen molar-refractivity contribution < 1.29 is 27.8 Å². The second-order valence-electron chi connectivity index (χ2n) is 4.48. The lowest BCUT2D eigenvalue weighted by atomic mass is 9.95. The average Bonchev–Trinajstić information content (AvgIpc) is 2.39. The van der Waals surface area contributed by atoms with Crippen LogP contribution in [-0.2, 0) is 15.5 Å². The van der Waals surface area contributed by atoms with Crippen molar-refractivity contribution in [2.45, 2.75) is 26.2 Å². The van der Waals surface area contributed by atoms with Gasteiger partial charge >= 0.3 is 11.9 Å². The average molecular weight is 284 g/mol. The molecule has 2 rings (SSSR count). The van der Waals surface area contributed by atoms with Crippen molar-refractivity contribution in [1.82, 2.24) is 0 Å². The summed E-state index contributed by atoms with van der Waals surface area (Å²) in [6, 6.07) is 2.39. The van der Waals surface area contributed by atoms with Gasteiger partial charge in [-0.25, -0.2) is 4.79 Å². The van der Waals surface area contributed by atoms with Gasteiger partial charge in [-0.05, 0) is 31.5 Å². The number of carbonyl (C=O) groups is 2. The van der Waals surface area contributed by atoms with E-state index in [2.05, 4.69) is 4.74 Å². The Balaban J connectivity index is 2.48. The van der Waals surface area contributed by atoms with Crippen molar-refractivity contribution in [3.8, 4) is 5.75 Å². The number of carbonyl (C=O) groups excluding carboxylic acids is 2. The number of aryl methyl sites for hydroxylation is 1. The van der Waals surface area contributed by atoms with Gasteiger partial charge in [0, 0.05) is 12.0 Å². The second kappa shape index (κ2) is 5.19. The van der Waals surface area contributed by atoms with Crippen molar-refractivity contribution in [3.05, 3.63) is 28.8 Å². The molecule has 0 atom stereocenters. The van der Waals surface area contributed by atoms with Crippen molar-refractivity contribution >= 4 is 11.8 Å². The smallest absolute Gasteiger partial charge is 0.381 e. The first-order valence-corrected chi connectivity index (χ1v) is 6.24. The van der Waals surface area contributed by atoms with Crippen molar-refractivity contribution in [2.24, 2.45) is 0 Å². The van der Waals surface area contributed by atoms with Crippen molar-refractivity contribution in [3.63, 3.8) is 0 Å². The Bertz CT molecular complexity index is 567. The maximum Gasteiger partial charge on any atom is 0.381 e. The van der Waals surface area contributed by atoms with E-state index >= 15 is 0 Å². The SMILES string of the molecule is CCOC(=O)C(F)(F)c1cc2c(cc1C)C(=O)CCO2. The Hall–Kier alpha value is -1.98. The largest absolute Gasteiger partial charge is 0.492 e. The maximum atomic E-state index is 14.0. The first-order chi connectivity index (χ1) is 9.37. The fourth-order valence-corrected chi connectivity index (χ4v) is 2.08. The third kappa shape index (κ3) is 2.37. The van der Waals surface area contributed by atoms with Crippen LogP contribution in [0.5, 0.6) is 5.75 Å². The molecule has 0 fully saturated rings. The van der Waals surface area contributed by atoms with Gasteiger partial charge in [-0.15, -0.1) is 0 Å². The minimum Gasteiger partial charge on any atom is -0.492 e. The van der Waals surface area contributed by atoms with E-state index in [1.165, 1.54) is 19.9 Å². The molecule has 6 heteroatoms. The van der Waals surface area contributed by atoms with Gasteiger partial charge in [-0.3, -0.25) is 4.79 Å². The molecule has 0 bridgehead atoms. The molecule has 1 aliphatic rings. The summed E-state index contributed by atoms with van der Waals surface area (Å²) in [6.45, 7) is 2.90. The minimum absolute atomic E-state index is 0.0887. The quantitative estimate of drug-likeness (QED) is 0.801. The van der Waals surface area contributed by atoms with Gasteiger partial charge in [0.25, 0.3) is 0 Å². The normalized spacial score (nSPS) is 14.5. The van der Waals surface area contributed by atoms with E-state index in [0.29, 0.717) is 0 Å². The van der Waals surface area contributed by atoms with E-state index in [1.807, 2.05) is 0 Å². The highest BCUT2D eigenvalue weighted by molar-refractivity contribution is 6.00. The monoisotopic (exact) mass is 284 g/mol. The van der Waals surface area contributed by atoms with Crippen LogP contribution in [0.2, 0.25) is 0 Å². The van der Waals surface area contributed by atoms with Gasteiger partial charge < -0.3 is 9.47 Å². The number of esters is 1. The van der Waals surface area contributed by atoms with Crippen LogP contribution >= 0.6 is 0 Å². The molecular weight excluding hydrogens is 270 g/mol. The molecule has 0 aliphatic carbocycles. The van der Waals surface area contributed by atoms with Crippen LogP contribution in [0.3, 0.4) is 0 Å². The number of Topliss-reactive ketones (excluding diaryl/α,β-unsaturated/α-hetero) is 1. The van der Waals surface area contributed by atoms with Crippen molar-refractivity contribution in [2.75, 3.05) is 13.2 Å². The van der Waals surface area contributed by atoms with Gasteiger partial charge in [-0.1, -0.05) is 0 Å². The number of halogens is 2. The summed E-state index contributed by atoms with van der Waals surface area (Å²) < 4.78 is 37.7. The van der Waals surface area contributed by atoms with E-state index in [-0.39, 0.29) is 42.3 Å². The highest BCUT2D eigenvalue weighted by Crippen LogP contribution is 2.37. The van der Waals surface area contributed by atoms with Crippen LogP contribution in [0.4, 0.5) is 8.78 Å². The van der Waals surface area contributed by atoms with Gasteiger partial charge in [0.15, 0.2) is 5.78 Å². The number of rotatable bonds is 3. The van der Waals surface area contributed by atoms with E-state index in [0.717, 1.165) is 6.07 Å². The van der Waals surface area contributed by atoms with Crippen LogP contribution in [-0.4, -0.2) is 25.0 Å². The molecule has 4 nitrogen and oxygen atoms in total. The molecule has 0 unspecified atom stereocenters. The zero-order valence-corrected chi connectivity index (χ0v) is 11.2. The molecule has 0 saturated heterocycles. The lowest BCUT2D eigenvalue weighted by molar-refractivity contribution is -0.173. The standard InChI is InChI=1S/C14H14F2O4/c1-3-19-13(18)14(15,16)10-7-12-9(6-8(10)2)11(17)4-5-20-12/h6-7H,3-5H2,1-2H3. The topological polar surface area (TPSA) is 52.6 Å². The summed E-state index contributed by atoms with van der Waals surface area (Å²) in [6.07, 6.45) is 0.222. The third-order valence-electron chi connectivity index (χ3n) is 3.08. The van der Waals surface area contributed by atoms with E-state index in [4.69, 9.17) is 4.74 Å². The molecule has 0 radical (unpaired) electrons. The van der Waals surface area contributed by atoms with E-state index < -0.39 is 17.5 Å². The Morgan fingerprint density at radius 1 is 1.45 bits per heavy atom. The van der Waals surface area contributed by atoms with Crippen LogP contribution < -0.4 is 4.74 Å². The molecule has 1 heterocycles. The molecule has 1 aromatic carbocycles. The van der Waals surface area contributed by atoms with Crippen LogP contribution in [0, 0.1) is 6.92 Å². The molecule has 20 heavy (non-hydrogen) atoms. The van der Waals surface area contributed by atoms with Gasteiger partial charge in [0.2, 0.25) is 0 Å². The summed E-state index contributed by atoms with van der Waals surface area (Å²) in [5, 5.41) is 0. The molecule has 108 valence electrons. The number of fused-ring (bicyclic) bond motifs is 1. The predicted octanol–water partition coefficient (Wildman–Crippen LogP) is 2.62. The Morgan fingerprint density at radius 2 is 2.15 bits per heavy atom. The molecule has 0 spiro atoms. The number of ether oxygens (including phenoxy) is 2. The lowest BCUT2D eigenvalue weighted by Crippen LogP contribution is -2.29. The molecular formula is C14H14F2O4. The van der Waals surface area contributed by atoms with E-state index in [9.17, 15) is 18.4 Å². The van der Waals surface area contributed by atoms with Crippen molar-refractivity contribution in [1.29, 1.82) is 0 Å². The number of hydrogen-bond acceptors (Lipinski definition) is 4. The highest BCUT2D eigenvalue weighted by atomic mass is 19.3. The minimum atomic E-state index is -3.76. The van der Waals surface area contributed by atoms with Crippen LogP contribution in [0.25, 0.3) is 0 Å². The summed E-state index contributed by atoms with van der Waals surface area (Å²) >= 11 is 0. The van der Waals surface area contributed by atoms with Crippen LogP contribution in [0.15, 0.2) is 12.1 Å². The number of hydrogen-bond donors (Lipinski definition) is 0. The summed E-state index contributed by atoms with van der Waals surface area (Å²) in [5.41, 5.74) is -0.0674. The molecule has 0 amide bonds. The molecule has 0 aromatic heterocycles. The zero-order valence-electron chi connectivity index (χ0n) is 11.2. The number of alkyl halides is 2. The summed E-state index contributed by atoms with van der Waals surface area (Å²) in [5.74, 6) is -5.43. The fraction of sp³-hybridized carbons (Fsp3) is 0.429. The molecule has 1 aromatic rings. The van der Waals surface area contributed by atoms with Gasteiger partial charge in [0.05, 0.1) is 18.8 Å². The third-order valence-corrected chi connectivity index (χ3v) is 3.08. The Morgan fingerprint density at radius 3 is 2.80 bits per heavy atom. The first kappa shape index (κ1) is 14.4. The maximum absolute atomic E-state index is 14.0. The summed E-state index contributed by atoms with van der Waals surface area (Å²) in [4.78, 5) is 23.0. The molecule has 1 aliphatic heterocycles. The predicted molar refractivity (Wildman–Crippen MR) is 66.1 cm³/mol. The Kier molecular flexibility index (Phi) is 3.74. The number of benzene rings is 1. The second-order valence-corrected chi connectivity index (χ2v) is 4.48. The van der Waals surface area contributed by atoms with E-state index in [1.54, 1.807) is 0 Å². The highest BCUT2D eigenvalue weighted by Gasteiger charge is 2.44. The lowest BCUT2D eigenvalue weighted by Gasteiger charge is -2.22. The van der Waals surface area contributed by atoms with Gasteiger partial charge in [0.1, 0.15) is 5.75 Å². The zero-order chi connectivity index (χ0) is 14.9. The fourth-order valence-electron chi connectivity index (χ4n) is 2.08. The molecule has 0 N–H and O–H groups in total. The van der Waals surface area contributed by atoms with Crippen LogP contribution in [0.1, 0.15) is 34.8 Å². The first-order valence-electron chi connectivity index (χ1n) is 6.24.